The van der Waals surface area contributed by atoms with E-state index in [0.717, 1.165) is 57.7 Å². The Labute approximate surface area is 185 Å². The van der Waals surface area contributed by atoms with E-state index >= 15 is 0 Å². The van der Waals surface area contributed by atoms with Gasteiger partial charge in [-0.15, -0.1) is 0 Å². The molecule has 2 amide bonds. The first-order valence-electron chi connectivity index (χ1n) is 11.4. The van der Waals surface area contributed by atoms with Gasteiger partial charge < -0.3 is 19.3 Å². The highest BCUT2D eigenvalue weighted by Crippen LogP contribution is 2.57. The number of hydrogen-bond acceptors (Lipinski definition) is 5. The standard InChI is InChI=1S/C24H35N3O4/c1-4-26-14-11-24(22(26)29)18-25(15-16-30-2)17-23(24)9-12-27(13-10-23)21(28)19-5-7-20(31-3)8-6-19/h5-8H,4,9-18H2,1-3H3/t24-/m0/s1. The summed E-state index contributed by atoms with van der Waals surface area (Å²) in [5.74, 6) is 1.14. The van der Waals surface area contributed by atoms with Crippen molar-refractivity contribution in [2.24, 2.45) is 10.8 Å². The molecule has 1 atom stereocenters. The summed E-state index contributed by atoms with van der Waals surface area (Å²) in [4.78, 5) is 33.0. The van der Waals surface area contributed by atoms with Crippen molar-refractivity contribution in [3.05, 3.63) is 29.8 Å². The van der Waals surface area contributed by atoms with Crippen molar-refractivity contribution in [2.75, 3.05) is 66.6 Å². The Morgan fingerprint density at radius 1 is 1.03 bits per heavy atom. The first-order valence-corrected chi connectivity index (χ1v) is 11.4. The van der Waals surface area contributed by atoms with Gasteiger partial charge in [-0.3, -0.25) is 14.5 Å². The van der Waals surface area contributed by atoms with Crippen LogP contribution in [0.3, 0.4) is 0 Å². The third-order valence-electron chi connectivity index (χ3n) is 7.88. The summed E-state index contributed by atoms with van der Waals surface area (Å²) in [6.45, 7) is 8.36. The van der Waals surface area contributed by atoms with Crippen LogP contribution in [0.2, 0.25) is 0 Å². The monoisotopic (exact) mass is 429 g/mol. The lowest BCUT2D eigenvalue weighted by molar-refractivity contribution is -0.141. The van der Waals surface area contributed by atoms with Crippen LogP contribution in [0, 0.1) is 10.8 Å². The van der Waals surface area contributed by atoms with Crippen LogP contribution in [0.4, 0.5) is 0 Å². The first kappa shape index (κ1) is 22.1. The van der Waals surface area contributed by atoms with E-state index < -0.39 is 0 Å². The van der Waals surface area contributed by atoms with Crippen LogP contribution in [0.5, 0.6) is 5.75 Å². The predicted molar refractivity (Wildman–Crippen MR) is 118 cm³/mol. The fraction of sp³-hybridized carbons (Fsp3) is 0.667. The number of rotatable bonds is 6. The van der Waals surface area contributed by atoms with Crippen LogP contribution in [0.15, 0.2) is 24.3 Å². The van der Waals surface area contributed by atoms with E-state index in [-0.39, 0.29) is 16.7 Å². The number of piperidine rings is 1. The summed E-state index contributed by atoms with van der Waals surface area (Å²) in [5, 5.41) is 0. The van der Waals surface area contributed by atoms with Crippen molar-refractivity contribution in [1.82, 2.24) is 14.7 Å². The topological polar surface area (TPSA) is 62.3 Å². The van der Waals surface area contributed by atoms with Crippen LogP contribution >= 0.6 is 0 Å². The van der Waals surface area contributed by atoms with Crippen molar-refractivity contribution in [3.8, 4) is 5.75 Å². The Balaban J connectivity index is 1.51. The second-order valence-electron chi connectivity index (χ2n) is 9.22. The van der Waals surface area contributed by atoms with Crippen LogP contribution in [0.1, 0.15) is 36.5 Å². The number of carbonyl (C=O) groups excluding carboxylic acids is 2. The molecule has 3 fully saturated rings. The molecule has 3 aliphatic rings. The maximum atomic E-state index is 13.5. The van der Waals surface area contributed by atoms with Crippen molar-refractivity contribution in [3.63, 3.8) is 0 Å². The Morgan fingerprint density at radius 2 is 1.74 bits per heavy atom. The van der Waals surface area contributed by atoms with Gasteiger partial charge in [0.2, 0.25) is 5.91 Å². The molecule has 7 nitrogen and oxygen atoms in total. The normalized spacial score (nSPS) is 25.7. The molecule has 1 aromatic carbocycles. The predicted octanol–water partition coefficient (Wildman–Crippen LogP) is 2.12. The van der Waals surface area contributed by atoms with E-state index in [1.54, 1.807) is 14.2 Å². The van der Waals surface area contributed by atoms with Gasteiger partial charge in [-0.25, -0.2) is 0 Å². The molecule has 2 spiro atoms. The van der Waals surface area contributed by atoms with Gasteiger partial charge in [0.05, 0.1) is 19.1 Å². The van der Waals surface area contributed by atoms with Gasteiger partial charge in [0.1, 0.15) is 5.75 Å². The van der Waals surface area contributed by atoms with E-state index in [9.17, 15) is 9.59 Å². The molecule has 0 bridgehead atoms. The van der Waals surface area contributed by atoms with E-state index in [4.69, 9.17) is 9.47 Å². The molecule has 0 aromatic heterocycles. The summed E-state index contributed by atoms with van der Waals surface area (Å²) >= 11 is 0. The lowest BCUT2D eigenvalue weighted by atomic mass is 9.60. The summed E-state index contributed by atoms with van der Waals surface area (Å²) < 4.78 is 10.5. The highest BCUT2D eigenvalue weighted by atomic mass is 16.5. The number of carbonyl (C=O) groups is 2. The van der Waals surface area contributed by atoms with E-state index in [1.807, 2.05) is 34.1 Å². The molecular formula is C24H35N3O4. The Morgan fingerprint density at radius 3 is 2.32 bits per heavy atom. The lowest BCUT2D eigenvalue weighted by Gasteiger charge is -2.47. The van der Waals surface area contributed by atoms with Gasteiger partial charge in [-0.1, -0.05) is 0 Å². The molecule has 0 unspecified atom stereocenters. The lowest BCUT2D eigenvalue weighted by Crippen LogP contribution is -2.53. The van der Waals surface area contributed by atoms with Gasteiger partial charge in [0.15, 0.2) is 0 Å². The quantitative estimate of drug-likeness (QED) is 0.693. The van der Waals surface area contributed by atoms with Crippen molar-refractivity contribution in [1.29, 1.82) is 0 Å². The minimum absolute atomic E-state index is 0.0571. The Hall–Kier alpha value is -2.12. The summed E-state index contributed by atoms with van der Waals surface area (Å²) in [7, 11) is 3.35. The van der Waals surface area contributed by atoms with E-state index in [1.165, 1.54) is 0 Å². The largest absolute Gasteiger partial charge is 0.497 e. The number of benzene rings is 1. The van der Waals surface area contributed by atoms with Gasteiger partial charge in [-0.2, -0.15) is 0 Å². The second kappa shape index (κ2) is 8.79. The molecule has 3 heterocycles. The number of nitrogens with zero attached hydrogens (tertiary/aromatic N) is 3. The third-order valence-corrected chi connectivity index (χ3v) is 7.88. The molecule has 7 heteroatoms. The van der Waals surface area contributed by atoms with Gasteiger partial charge in [-0.05, 0) is 50.5 Å². The van der Waals surface area contributed by atoms with Crippen molar-refractivity contribution >= 4 is 11.8 Å². The summed E-state index contributed by atoms with van der Waals surface area (Å²) in [5.41, 5.74) is 0.318. The zero-order valence-corrected chi connectivity index (χ0v) is 19.1. The minimum Gasteiger partial charge on any atom is -0.497 e. The molecule has 0 N–H and O–H groups in total. The average molecular weight is 430 g/mol. The number of ether oxygens (including phenoxy) is 2. The Bertz CT molecular complexity index is 804. The molecule has 0 aliphatic carbocycles. The number of hydrogen-bond donors (Lipinski definition) is 0. The number of likely N-dealkylation sites (tertiary alicyclic amines) is 3. The second-order valence-corrected chi connectivity index (χ2v) is 9.22. The number of fused-ring (bicyclic) bond motifs is 1. The van der Waals surface area contributed by atoms with E-state index in [0.29, 0.717) is 31.2 Å². The molecule has 0 radical (unpaired) electrons. The zero-order valence-electron chi connectivity index (χ0n) is 19.1. The summed E-state index contributed by atoms with van der Waals surface area (Å²) in [6.07, 6.45) is 2.68. The van der Waals surface area contributed by atoms with Gasteiger partial charge >= 0.3 is 0 Å². The minimum atomic E-state index is -0.313. The summed E-state index contributed by atoms with van der Waals surface area (Å²) in [6, 6.07) is 7.31. The van der Waals surface area contributed by atoms with E-state index in [2.05, 4.69) is 11.8 Å². The molecule has 3 aliphatic heterocycles. The molecule has 4 rings (SSSR count). The molecule has 3 saturated heterocycles. The maximum Gasteiger partial charge on any atom is 0.253 e. The van der Waals surface area contributed by atoms with Crippen LogP contribution < -0.4 is 4.74 Å². The highest BCUT2D eigenvalue weighted by Gasteiger charge is 2.64. The Kier molecular flexibility index (Phi) is 6.26. The smallest absolute Gasteiger partial charge is 0.253 e. The molecule has 0 saturated carbocycles. The first-order chi connectivity index (χ1) is 15.0. The van der Waals surface area contributed by atoms with Crippen LogP contribution in [-0.2, 0) is 9.53 Å². The SMILES string of the molecule is CCN1CC[C@]2(CN(CCOC)CC23CCN(C(=O)c2ccc(OC)cc2)CC3)C1=O. The fourth-order valence-corrected chi connectivity index (χ4v) is 6.03. The highest BCUT2D eigenvalue weighted by molar-refractivity contribution is 5.94. The van der Waals surface area contributed by atoms with Crippen LogP contribution in [-0.4, -0.2) is 93.2 Å². The van der Waals surface area contributed by atoms with Crippen LogP contribution in [0.25, 0.3) is 0 Å². The number of methoxy groups -OCH3 is 2. The fourth-order valence-electron chi connectivity index (χ4n) is 6.03. The molecular weight excluding hydrogens is 394 g/mol. The maximum absolute atomic E-state index is 13.5. The molecule has 170 valence electrons. The zero-order chi connectivity index (χ0) is 22.1. The molecule has 1 aromatic rings. The van der Waals surface area contributed by atoms with Crippen molar-refractivity contribution < 1.29 is 19.1 Å². The van der Waals surface area contributed by atoms with Gasteiger partial charge in [0.25, 0.3) is 5.91 Å². The molecule has 31 heavy (non-hydrogen) atoms. The van der Waals surface area contributed by atoms with Crippen molar-refractivity contribution in [2.45, 2.75) is 26.2 Å². The van der Waals surface area contributed by atoms with Gasteiger partial charge in [0, 0.05) is 63.9 Å². The third kappa shape index (κ3) is 3.72. The average Bonchev–Trinajstić information content (AvgIpc) is 3.29. The number of amides is 2.